The standard InChI is InChI=1S/C13H17BrFNO2/c1-17-9-13-8-16(2-3-18-13)7-10-4-11(14)6-12(15)5-10/h4-6,13H,2-3,7-9H2,1H3/t13-/m0/s1. The summed E-state index contributed by atoms with van der Waals surface area (Å²) < 4.78 is 24.7. The minimum absolute atomic E-state index is 0.112. The van der Waals surface area contributed by atoms with Crippen molar-refractivity contribution in [2.75, 3.05) is 33.4 Å². The van der Waals surface area contributed by atoms with E-state index in [1.165, 1.54) is 6.07 Å². The van der Waals surface area contributed by atoms with Crippen molar-refractivity contribution < 1.29 is 13.9 Å². The first kappa shape index (κ1) is 13.9. The van der Waals surface area contributed by atoms with Gasteiger partial charge < -0.3 is 9.47 Å². The topological polar surface area (TPSA) is 21.7 Å². The Morgan fingerprint density at radius 3 is 3.06 bits per heavy atom. The van der Waals surface area contributed by atoms with Gasteiger partial charge in [0.15, 0.2) is 0 Å². The number of halogens is 2. The molecule has 1 aliphatic rings. The van der Waals surface area contributed by atoms with Gasteiger partial charge in [-0.1, -0.05) is 15.9 Å². The predicted molar refractivity (Wildman–Crippen MR) is 71.0 cm³/mol. The van der Waals surface area contributed by atoms with Gasteiger partial charge in [-0.3, -0.25) is 4.90 Å². The summed E-state index contributed by atoms with van der Waals surface area (Å²) in [4.78, 5) is 2.26. The molecule has 1 saturated heterocycles. The molecule has 0 bridgehead atoms. The smallest absolute Gasteiger partial charge is 0.124 e. The molecule has 0 aromatic heterocycles. The molecule has 0 N–H and O–H groups in total. The Bertz CT molecular complexity index is 380. The molecule has 0 saturated carbocycles. The Morgan fingerprint density at radius 1 is 1.50 bits per heavy atom. The SMILES string of the molecule is COC[C@@H]1CN(Cc2cc(F)cc(Br)c2)CCO1. The van der Waals surface area contributed by atoms with Crippen LogP contribution in [0.2, 0.25) is 0 Å². The highest BCUT2D eigenvalue weighted by atomic mass is 79.9. The molecule has 0 spiro atoms. The molecule has 0 radical (unpaired) electrons. The summed E-state index contributed by atoms with van der Waals surface area (Å²) in [6.07, 6.45) is 0.112. The van der Waals surface area contributed by atoms with Gasteiger partial charge in [-0.15, -0.1) is 0 Å². The van der Waals surface area contributed by atoms with E-state index in [1.54, 1.807) is 13.2 Å². The van der Waals surface area contributed by atoms with E-state index >= 15 is 0 Å². The fraction of sp³-hybridized carbons (Fsp3) is 0.538. The van der Waals surface area contributed by atoms with Crippen molar-refractivity contribution >= 4 is 15.9 Å². The average molecular weight is 318 g/mol. The van der Waals surface area contributed by atoms with Crippen LogP contribution in [0.1, 0.15) is 5.56 Å². The van der Waals surface area contributed by atoms with Crippen molar-refractivity contribution in [2.45, 2.75) is 12.6 Å². The lowest BCUT2D eigenvalue weighted by Crippen LogP contribution is -2.43. The van der Waals surface area contributed by atoms with Gasteiger partial charge in [-0.25, -0.2) is 4.39 Å². The van der Waals surface area contributed by atoms with E-state index in [0.717, 1.165) is 29.7 Å². The summed E-state index contributed by atoms with van der Waals surface area (Å²) in [5.41, 5.74) is 0.972. The molecule has 1 fully saturated rings. The van der Waals surface area contributed by atoms with E-state index in [0.29, 0.717) is 13.2 Å². The maximum absolute atomic E-state index is 13.3. The van der Waals surface area contributed by atoms with Gasteiger partial charge >= 0.3 is 0 Å². The van der Waals surface area contributed by atoms with Crippen molar-refractivity contribution in [1.82, 2.24) is 4.90 Å². The lowest BCUT2D eigenvalue weighted by molar-refractivity contribution is -0.0631. The molecule has 1 aliphatic heterocycles. The lowest BCUT2D eigenvalue weighted by Gasteiger charge is -2.32. The molecule has 0 amide bonds. The summed E-state index contributed by atoms with van der Waals surface area (Å²) >= 11 is 3.31. The quantitative estimate of drug-likeness (QED) is 0.851. The first-order valence-corrected chi connectivity index (χ1v) is 6.74. The highest BCUT2D eigenvalue weighted by molar-refractivity contribution is 9.10. The second kappa shape index (κ2) is 6.61. The van der Waals surface area contributed by atoms with Crippen molar-refractivity contribution in [1.29, 1.82) is 0 Å². The third kappa shape index (κ3) is 4.02. The van der Waals surface area contributed by atoms with Crippen molar-refractivity contribution in [3.63, 3.8) is 0 Å². The Balaban J connectivity index is 1.95. The first-order chi connectivity index (χ1) is 8.67. The monoisotopic (exact) mass is 317 g/mol. The molecule has 3 nitrogen and oxygen atoms in total. The fourth-order valence-corrected chi connectivity index (χ4v) is 2.68. The zero-order valence-electron chi connectivity index (χ0n) is 10.4. The van der Waals surface area contributed by atoms with E-state index in [4.69, 9.17) is 9.47 Å². The van der Waals surface area contributed by atoms with Gasteiger partial charge in [-0.05, 0) is 23.8 Å². The van der Waals surface area contributed by atoms with Crippen LogP contribution in [0.4, 0.5) is 4.39 Å². The molecule has 1 aromatic carbocycles. The summed E-state index contributed by atoms with van der Waals surface area (Å²) in [6, 6.07) is 4.99. The zero-order valence-corrected chi connectivity index (χ0v) is 12.0. The van der Waals surface area contributed by atoms with Crippen LogP contribution in [0.25, 0.3) is 0 Å². The van der Waals surface area contributed by atoms with Gasteiger partial charge in [0, 0.05) is 31.2 Å². The molecule has 1 atom stereocenters. The maximum atomic E-state index is 13.3. The second-order valence-electron chi connectivity index (χ2n) is 4.46. The van der Waals surface area contributed by atoms with Crippen LogP contribution in [0, 0.1) is 5.82 Å². The van der Waals surface area contributed by atoms with Gasteiger partial charge in [0.25, 0.3) is 0 Å². The molecule has 5 heteroatoms. The summed E-state index contributed by atoms with van der Waals surface area (Å²) in [6.45, 7) is 3.73. The highest BCUT2D eigenvalue weighted by Gasteiger charge is 2.20. The number of nitrogens with zero attached hydrogens (tertiary/aromatic N) is 1. The average Bonchev–Trinajstić information content (AvgIpc) is 2.28. The Kier molecular flexibility index (Phi) is 5.12. The van der Waals surface area contributed by atoms with Crippen LogP contribution >= 0.6 is 15.9 Å². The Hall–Kier alpha value is -0.490. The molecule has 18 heavy (non-hydrogen) atoms. The van der Waals surface area contributed by atoms with Crippen molar-refractivity contribution in [3.8, 4) is 0 Å². The minimum atomic E-state index is -0.207. The number of ether oxygens (including phenoxy) is 2. The zero-order chi connectivity index (χ0) is 13.0. The first-order valence-electron chi connectivity index (χ1n) is 5.95. The highest BCUT2D eigenvalue weighted by Crippen LogP contribution is 2.17. The van der Waals surface area contributed by atoms with Crippen LogP contribution in [-0.2, 0) is 16.0 Å². The van der Waals surface area contributed by atoms with E-state index in [-0.39, 0.29) is 11.9 Å². The normalized spacial score (nSPS) is 21.2. The minimum Gasteiger partial charge on any atom is -0.382 e. The molecule has 1 heterocycles. The third-order valence-electron chi connectivity index (χ3n) is 2.90. The Morgan fingerprint density at radius 2 is 2.33 bits per heavy atom. The Labute approximate surface area is 115 Å². The van der Waals surface area contributed by atoms with Crippen molar-refractivity contribution in [3.05, 3.63) is 34.1 Å². The van der Waals surface area contributed by atoms with Gasteiger partial charge in [-0.2, -0.15) is 0 Å². The maximum Gasteiger partial charge on any atom is 0.124 e. The molecule has 100 valence electrons. The molecule has 0 unspecified atom stereocenters. The molecule has 2 rings (SSSR count). The summed E-state index contributed by atoms with van der Waals surface area (Å²) in [5.74, 6) is -0.207. The van der Waals surface area contributed by atoms with Crippen LogP contribution in [-0.4, -0.2) is 44.4 Å². The number of benzene rings is 1. The number of morpholine rings is 1. The molecular weight excluding hydrogens is 301 g/mol. The largest absolute Gasteiger partial charge is 0.382 e. The molecule has 0 aliphatic carbocycles. The van der Waals surface area contributed by atoms with Crippen LogP contribution in [0.5, 0.6) is 0 Å². The van der Waals surface area contributed by atoms with Gasteiger partial charge in [0.2, 0.25) is 0 Å². The van der Waals surface area contributed by atoms with E-state index in [1.807, 2.05) is 6.07 Å². The van der Waals surface area contributed by atoms with Gasteiger partial charge in [0.05, 0.1) is 19.3 Å². The predicted octanol–water partition coefficient (Wildman–Crippen LogP) is 2.44. The van der Waals surface area contributed by atoms with E-state index in [2.05, 4.69) is 20.8 Å². The van der Waals surface area contributed by atoms with Crippen LogP contribution < -0.4 is 0 Å². The van der Waals surface area contributed by atoms with Crippen LogP contribution in [0.15, 0.2) is 22.7 Å². The fourth-order valence-electron chi connectivity index (χ4n) is 2.17. The lowest BCUT2D eigenvalue weighted by atomic mass is 10.2. The number of methoxy groups -OCH3 is 1. The number of hydrogen-bond acceptors (Lipinski definition) is 3. The second-order valence-corrected chi connectivity index (χ2v) is 5.38. The van der Waals surface area contributed by atoms with Gasteiger partial charge in [0.1, 0.15) is 5.82 Å². The van der Waals surface area contributed by atoms with Crippen molar-refractivity contribution in [2.24, 2.45) is 0 Å². The number of hydrogen-bond donors (Lipinski definition) is 0. The van der Waals surface area contributed by atoms with Crippen LogP contribution in [0.3, 0.4) is 0 Å². The van der Waals surface area contributed by atoms with E-state index in [9.17, 15) is 4.39 Å². The summed E-state index contributed by atoms with van der Waals surface area (Å²) in [5, 5.41) is 0. The summed E-state index contributed by atoms with van der Waals surface area (Å²) in [7, 11) is 1.67. The van der Waals surface area contributed by atoms with E-state index < -0.39 is 0 Å². The number of rotatable bonds is 4. The molecule has 1 aromatic rings. The third-order valence-corrected chi connectivity index (χ3v) is 3.36. The molecular formula is C13H17BrFNO2.